The third-order valence-electron chi connectivity index (χ3n) is 4.69. The Morgan fingerprint density at radius 1 is 1.16 bits per heavy atom. The molecule has 0 aliphatic carbocycles. The van der Waals surface area contributed by atoms with Gasteiger partial charge in [0.15, 0.2) is 17.1 Å². The molecule has 0 saturated carbocycles. The number of aryl methyl sites for hydroxylation is 2. The molecule has 9 heteroatoms. The highest BCUT2D eigenvalue weighted by Gasteiger charge is 2.18. The Bertz CT molecular complexity index is 1050. The maximum Gasteiger partial charge on any atom is 0.230 e. The van der Waals surface area contributed by atoms with Gasteiger partial charge in [0, 0.05) is 23.6 Å². The molecule has 1 atom stereocenters. The number of hydrogen-bond donors (Lipinski definition) is 1. The van der Waals surface area contributed by atoms with E-state index >= 15 is 0 Å². The van der Waals surface area contributed by atoms with Crippen LogP contribution in [0.2, 0.25) is 10.0 Å². The first kappa shape index (κ1) is 23.4. The Balaban J connectivity index is 1.55. The normalized spacial score (nSPS) is 11.9. The topological polar surface area (TPSA) is 69.0 Å². The number of nitrogens with zero attached hydrogens (tertiary/aromatic N) is 3. The molecule has 1 aromatic heterocycles. The summed E-state index contributed by atoms with van der Waals surface area (Å²) >= 11 is 13.4. The first-order valence-corrected chi connectivity index (χ1v) is 11.5. The van der Waals surface area contributed by atoms with E-state index in [1.54, 1.807) is 12.1 Å². The summed E-state index contributed by atoms with van der Waals surface area (Å²) in [6.07, 6.45) is -0.314. The van der Waals surface area contributed by atoms with Gasteiger partial charge in [-0.25, -0.2) is 0 Å². The molecule has 3 aromatic rings. The van der Waals surface area contributed by atoms with Gasteiger partial charge in [0.05, 0.1) is 5.75 Å². The molecule has 1 N–H and O–H groups in total. The van der Waals surface area contributed by atoms with Crippen molar-refractivity contribution in [3.63, 3.8) is 0 Å². The zero-order valence-corrected chi connectivity index (χ0v) is 20.1. The fraction of sp³-hybridized carbons (Fsp3) is 0.318. The van der Waals surface area contributed by atoms with Crippen LogP contribution in [0.15, 0.2) is 41.6 Å². The Hall–Kier alpha value is -2.22. The van der Waals surface area contributed by atoms with E-state index in [4.69, 9.17) is 27.9 Å². The van der Waals surface area contributed by atoms with Gasteiger partial charge in [-0.05, 0) is 61.7 Å². The van der Waals surface area contributed by atoms with Crippen LogP contribution in [0.25, 0.3) is 0 Å². The number of rotatable bonds is 8. The molecule has 6 nitrogen and oxygen atoms in total. The van der Waals surface area contributed by atoms with Gasteiger partial charge < -0.3 is 14.6 Å². The van der Waals surface area contributed by atoms with Gasteiger partial charge in [0.1, 0.15) is 5.75 Å². The van der Waals surface area contributed by atoms with Crippen molar-refractivity contribution in [3.05, 3.63) is 69.0 Å². The molecule has 1 amide bonds. The minimum Gasteiger partial charge on any atom is -0.483 e. The number of amides is 1. The fourth-order valence-corrected chi connectivity index (χ4v) is 4.00. The van der Waals surface area contributed by atoms with Crippen LogP contribution < -0.4 is 10.1 Å². The highest BCUT2D eigenvalue weighted by molar-refractivity contribution is 7.99. The molecule has 0 aliphatic heterocycles. The lowest BCUT2D eigenvalue weighted by atomic mass is 10.1. The van der Waals surface area contributed by atoms with Crippen molar-refractivity contribution in [3.8, 4) is 5.75 Å². The number of hydrogen-bond acceptors (Lipinski definition) is 5. The number of benzene rings is 2. The number of aromatic nitrogens is 3. The number of carbonyl (C=O) groups excluding carboxylic acids is 1. The summed E-state index contributed by atoms with van der Waals surface area (Å²) in [5.41, 5.74) is 2.91. The van der Waals surface area contributed by atoms with E-state index in [1.807, 2.05) is 56.7 Å². The summed E-state index contributed by atoms with van der Waals surface area (Å²) in [6, 6.07) is 11.2. The zero-order valence-electron chi connectivity index (χ0n) is 17.8. The lowest BCUT2D eigenvalue weighted by molar-refractivity contribution is -0.118. The molecule has 3 rings (SSSR count). The van der Waals surface area contributed by atoms with Gasteiger partial charge in [0.2, 0.25) is 5.91 Å². The summed E-state index contributed by atoms with van der Waals surface area (Å²) in [5.74, 6) is 1.56. The van der Waals surface area contributed by atoms with Crippen LogP contribution in [0.4, 0.5) is 0 Å². The average molecular weight is 479 g/mol. The second kappa shape index (κ2) is 10.4. The number of carbonyl (C=O) groups is 1. The quantitative estimate of drug-likeness (QED) is 0.445. The van der Waals surface area contributed by atoms with Crippen LogP contribution in [0.3, 0.4) is 0 Å². The number of thioether (sulfide) groups is 1. The summed E-state index contributed by atoms with van der Waals surface area (Å²) < 4.78 is 7.90. The van der Waals surface area contributed by atoms with Gasteiger partial charge >= 0.3 is 0 Å². The van der Waals surface area contributed by atoms with Gasteiger partial charge in [0.25, 0.3) is 0 Å². The van der Waals surface area contributed by atoms with Crippen LogP contribution in [-0.4, -0.2) is 26.4 Å². The number of nitrogens with one attached hydrogen (secondary N) is 1. The minimum atomic E-state index is -0.314. The largest absolute Gasteiger partial charge is 0.483 e. The van der Waals surface area contributed by atoms with Crippen molar-refractivity contribution >= 4 is 40.9 Å². The average Bonchev–Trinajstić information content (AvgIpc) is 3.10. The van der Waals surface area contributed by atoms with Crippen molar-refractivity contribution < 1.29 is 9.53 Å². The molecule has 0 fully saturated rings. The van der Waals surface area contributed by atoms with Crippen LogP contribution >= 0.6 is 35.0 Å². The first-order chi connectivity index (χ1) is 14.7. The number of ether oxygens (including phenoxy) is 1. The summed E-state index contributed by atoms with van der Waals surface area (Å²) in [7, 11) is 1.86. The van der Waals surface area contributed by atoms with Crippen molar-refractivity contribution in [2.45, 2.75) is 38.6 Å². The molecule has 1 heterocycles. The third-order valence-corrected chi connectivity index (χ3v) is 6.56. The lowest BCUT2D eigenvalue weighted by Crippen LogP contribution is -2.24. The number of halogens is 2. The molecule has 1 unspecified atom stereocenters. The molecule has 0 aliphatic rings. The highest BCUT2D eigenvalue weighted by Crippen LogP contribution is 2.29. The molecule has 0 spiro atoms. The second-order valence-corrected chi connectivity index (χ2v) is 8.98. The van der Waals surface area contributed by atoms with Crippen molar-refractivity contribution in [2.24, 2.45) is 7.05 Å². The Morgan fingerprint density at radius 3 is 2.45 bits per heavy atom. The Morgan fingerprint density at radius 2 is 1.81 bits per heavy atom. The van der Waals surface area contributed by atoms with E-state index in [0.29, 0.717) is 22.5 Å². The highest BCUT2D eigenvalue weighted by atomic mass is 35.5. The van der Waals surface area contributed by atoms with Crippen LogP contribution in [0, 0.1) is 13.8 Å². The monoisotopic (exact) mass is 478 g/mol. The van der Waals surface area contributed by atoms with E-state index < -0.39 is 0 Å². The predicted octanol–water partition coefficient (Wildman–Crippen LogP) is 5.29. The molecular weight excluding hydrogens is 455 g/mol. The zero-order chi connectivity index (χ0) is 22.5. The van der Waals surface area contributed by atoms with E-state index in [2.05, 4.69) is 15.5 Å². The first-order valence-electron chi connectivity index (χ1n) is 9.71. The lowest BCUT2D eigenvalue weighted by Gasteiger charge is -2.16. The SMILES string of the molecule is Cc1cc(OC(C)c2nnc(SCC(=O)NCc3ccc(Cl)cc3)n2C)cc(C)c1Cl. The van der Waals surface area contributed by atoms with Crippen molar-refractivity contribution in [1.82, 2.24) is 20.1 Å². The van der Waals surface area contributed by atoms with Gasteiger partial charge in [-0.15, -0.1) is 10.2 Å². The van der Waals surface area contributed by atoms with Gasteiger partial charge in [-0.2, -0.15) is 0 Å². The standard InChI is InChI=1S/C22H24Cl2N4O2S/c1-13-9-18(10-14(2)20(13)24)30-15(3)21-26-27-22(28(21)4)31-12-19(29)25-11-16-5-7-17(23)8-6-16/h5-10,15H,11-12H2,1-4H3,(H,25,29). The van der Waals surface area contributed by atoms with Crippen LogP contribution in [0.5, 0.6) is 5.75 Å². The molecule has 31 heavy (non-hydrogen) atoms. The molecule has 0 bridgehead atoms. The molecule has 0 saturated heterocycles. The predicted molar refractivity (Wildman–Crippen MR) is 125 cm³/mol. The van der Waals surface area contributed by atoms with Gasteiger partial charge in [-0.1, -0.05) is 47.1 Å². The second-order valence-electron chi connectivity index (χ2n) is 7.22. The van der Waals surface area contributed by atoms with E-state index in [0.717, 1.165) is 27.5 Å². The Labute approximate surface area is 196 Å². The van der Waals surface area contributed by atoms with Crippen LogP contribution in [-0.2, 0) is 18.4 Å². The molecule has 2 aromatic carbocycles. The smallest absolute Gasteiger partial charge is 0.230 e. The fourth-order valence-electron chi connectivity index (χ4n) is 3.02. The summed E-state index contributed by atoms with van der Waals surface area (Å²) in [6.45, 7) is 6.26. The maximum absolute atomic E-state index is 12.2. The van der Waals surface area contributed by atoms with E-state index in [1.165, 1.54) is 11.8 Å². The molecule has 0 radical (unpaired) electrons. The minimum absolute atomic E-state index is 0.0825. The third kappa shape index (κ3) is 6.15. The molecular formula is C22H24Cl2N4O2S. The van der Waals surface area contributed by atoms with E-state index in [9.17, 15) is 4.79 Å². The van der Waals surface area contributed by atoms with Crippen molar-refractivity contribution in [2.75, 3.05) is 5.75 Å². The summed E-state index contributed by atoms with van der Waals surface area (Å²) in [5, 5.41) is 13.4. The van der Waals surface area contributed by atoms with Gasteiger partial charge in [-0.3, -0.25) is 4.79 Å². The Kier molecular flexibility index (Phi) is 7.86. The maximum atomic E-state index is 12.2. The van der Waals surface area contributed by atoms with E-state index in [-0.39, 0.29) is 17.8 Å². The van der Waals surface area contributed by atoms with Crippen LogP contribution in [0.1, 0.15) is 35.5 Å². The molecule has 164 valence electrons. The van der Waals surface area contributed by atoms with Crippen molar-refractivity contribution in [1.29, 1.82) is 0 Å². The summed E-state index contributed by atoms with van der Waals surface area (Å²) in [4.78, 5) is 12.2.